The number of hydrogen-bond donors (Lipinski definition) is 2. The number of methoxy groups -OCH3 is 1. The SMILES string of the molecule is CCC(OC)C(N)=NN. The molecule has 0 aliphatic heterocycles. The quantitative estimate of drug-likeness (QED) is 0.238. The fourth-order valence-electron chi connectivity index (χ4n) is 0.580. The molecule has 54 valence electrons. The summed E-state index contributed by atoms with van der Waals surface area (Å²) in [4.78, 5) is 0. The summed E-state index contributed by atoms with van der Waals surface area (Å²) < 4.78 is 4.92. The Bertz CT molecular complexity index is 98.4. The molecular formula is C5H13N3O. The van der Waals surface area contributed by atoms with Crippen molar-refractivity contribution in [3.8, 4) is 0 Å². The first-order valence-corrected chi connectivity index (χ1v) is 2.82. The summed E-state index contributed by atoms with van der Waals surface area (Å²) in [6.45, 7) is 1.95. The second kappa shape index (κ2) is 4.14. The van der Waals surface area contributed by atoms with Crippen molar-refractivity contribution in [1.29, 1.82) is 0 Å². The van der Waals surface area contributed by atoms with Crippen molar-refractivity contribution in [2.24, 2.45) is 16.7 Å². The van der Waals surface area contributed by atoms with E-state index in [1.54, 1.807) is 7.11 Å². The van der Waals surface area contributed by atoms with E-state index in [1.165, 1.54) is 0 Å². The molecule has 4 nitrogen and oxygen atoms in total. The van der Waals surface area contributed by atoms with E-state index in [4.69, 9.17) is 16.3 Å². The third-order valence-corrected chi connectivity index (χ3v) is 1.13. The number of amidine groups is 1. The maximum atomic E-state index is 5.34. The van der Waals surface area contributed by atoms with Crippen LogP contribution >= 0.6 is 0 Å². The van der Waals surface area contributed by atoms with Crippen molar-refractivity contribution in [3.63, 3.8) is 0 Å². The standard InChI is InChI=1S/C5H13N3O/c1-3-4(9-2)5(6)8-7/h4H,3,7H2,1-2H3,(H2,6,8). The first-order chi connectivity index (χ1) is 4.26. The highest BCUT2D eigenvalue weighted by Gasteiger charge is 2.07. The van der Waals surface area contributed by atoms with Crippen LogP contribution in [0.3, 0.4) is 0 Å². The predicted octanol–water partition coefficient (Wildman–Crippen LogP) is -0.358. The third-order valence-electron chi connectivity index (χ3n) is 1.13. The summed E-state index contributed by atoms with van der Waals surface area (Å²) in [7, 11) is 1.58. The van der Waals surface area contributed by atoms with Gasteiger partial charge >= 0.3 is 0 Å². The minimum absolute atomic E-state index is 0.130. The molecule has 0 fully saturated rings. The average Bonchev–Trinajstić information content (AvgIpc) is 1.90. The van der Waals surface area contributed by atoms with Crippen molar-refractivity contribution < 1.29 is 4.74 Å². The second-order valence-corrected chi connectivity index (χ2v) is 1.69. The molecule has 0 aromatic carbocycles. The molecule has 1 unspecified atom stereocenters. The Balaban J connectivity index is 3.79. The third kappa shape index (κ3) is 2.32. The lowest BCUT2D eigenvalue weighted by Gasteiger charge is -2.09. The highest BCUT2D eigenvalue weighted by atomic mass is 16.5. The molecule has 4 N–H and O–H groups in total. The largest absolute Gasteiger partial charge is 0.384 e. The smallest absolute Gasteiger partial charge is 0.148 e. The van der Waals surface area contributed by atoms with E-state index < -0.39 is 0 Å². The summed E-state index contributed by atoms with van der Waals surface area (Å²) in [6.07, 6.45) is 0.665. The predicted molar refractivity (Wildman–Crippen MR) is 36.9 cm³/mol. The van der Waals surface area contributed by atoms with Crippen LogP contribution in [0.25, 0.3) is 0 Å². The van der Waals surface area contributed by atoms with Crippen LogP contribution in [0.15, 0.2) is 5.10 Å². The molecule has 0 radical (unpaired) electrons. The molecule has 0 bridgehead atoms. The van der Waals surface area contributed by atoms with Gasteiger partial charge in [-0.1, -0.05) is 6.92 Å². The molecule has 0 heterocycles. The lowest BCUT2D eigenvalue weighted by Crippen LogP contribution is -2.30. The van der Waals surface area contributed by atoms with Gasteiger partial charge in [-0.25, -0.2) is 0 Å². The lowest BCUT2D eigenvalue weighted by atomic mass is 10.2. The van der Waals surface area contributed by atoms with Gasteiger partial charge in [0.15, 0.2) is 0 Å². The van der Waals surface area contributed by atoms with Gasteiger partial charge in [-0.3, -0.25) is 0 Å². The van der Waals surface area contributed by atoms with E-state index in [1.807, 2.05) is 6.92 Å². The summed E-state index contributed by atoms with van der Waals surface area (Å²) in [5.41, 5.74) is 5.34. The Morgan fingerprint density at radius 1 is 1.78 bits per heavy atom. The van der Waals surface area contributed by atoms with Crippen LogP contribution in [0.4, 0.5) is 0 Å². The van der Waals surface area contributed by atoms with E-state index >= 15 is 0 Å². The van der Waals surface area contributed by atoms with Crippen LogP contribution < -0.4 is 11.6 Å². The van der Waals surface area contributed by atoms with Crippen LogP contribution in [0.2, 0.25) is 0 Å². The summed E-state index contributed by atoms with van der Waals surface area (Å²) in [5.74, 6) is 5.25. The molecule has 0 saturated heterocycles. The molecule has 0 rings (SSSR count). The fourth-order valence-corrected chi connectivity index (χ4v) is 0.580. The normalized spacial score (nSPS) is 15.6. The van der Waals surface area contributed by atoms with Crippen LogP contribution in [0.5, 0.6) is 0 Å². The van der Waals surface area contributed by atoms with Crippen molar-refractivity contribution in [1.82, 2.24) is 0 Å². The van der Waals surface area contributed by atoms with Gasteiger partial charge in [-0.15, -0.1) is 0 Å². The molecule has 0 spiro atoms. The molecule has 0 aromatic rings. The highest BCUT2D eigenvalue weighted by molar-refractivity contribution is 5.84. The number of hydrazone groups is 1. The van der Waals surface area contributed by atoms with E-state index in [0.29, 0.717) is 5.84 Å². The monoisotopic (exact) mass is 131 g/mol. The number of nitrogens with zero attached hydrogens (tertiary/aromatic N) is 1. The van der Waals surface area contributed by atoms with Gasteiger partial charge in [-0.05, 0) is 6.42 Å². The molecule has 1 atom stereocenters. The van der Waals surface area contributed by atoms with Gasteiger partial charge in [0, 0.05) is 7.11 Å². The van der Waals surface area contributed by atoms with Crippen molar-refractivity contribution in [2.45, 2.75) is 19.4 Å². The van der Waals surface area contributed by atoms with Gasteiger partial charge in [0.25, 0.3) is 0 Å². The summed E-state index contributed by atoms with van der Waals surface area (Å²) in [6, 6.07) is 0. The van der Waals surface area contributed by atoms with Crippen molar-refractivity contribution in [3.05, 3.63) is 0 Å². The summed E-state index contributed by atoms with van der Waals surface area (Å²) in [5, 5.41) is 3.30. The summed E-state index contributed by atoms with van der Waals surface area (Å²) >= 11 is 0. The van der Waals surface area contributed by atoms with Gasteiger partial charge in [0.1, 0.15) is 11.9 Å². The molecule has 0 aromatic heterocycles. The molecule has 9 heavy (non-hydrogen) atoms. The number of hydrogen-bond acceptors (Lipinski definition) is 3. The molecule has 4 heteroatoms. The van der Waals surface area contributed by atoms with Crippen LogP contribution in [-0.2, 0) is 4.74 Å². The average molecular weight is 131 g/mol. The number of rotatable bonds is 3. The molecular weight excluding hydrogens is 118 g/mol. The zero-order valence-corrected chi connectivity index (χ0v) is 5.79. The Hall–Kier alpha value is -0.770. The molecule has 0 amide bonds. The van der Waals surface area contributed by atoms with Crippen LogP contribution in [0, 0.1) is 0 Å². The number of ether oxygens (including phenoxy) is 1. The molecule has 0 aliphatic carbocycles. The van der Waals surface area contributed by atoms with Crippen molar-refractivity contribution >= 4 is 5.84 Å². The van der Waals surface area contributed by atoms with Crippen LogP contribution in [0.1, 0.15) is 13.3 Å². The number of nitrogens with two attached hydrogens (primary N) is 2. The molecule has 0 saturated carbocycles. The van der Waals surface area contributed by atoms with E-state index in [2.05, 4.69) is 5.10 Å². The van der Waals surface area contributed by atoms with E-state index in [9.17, 15) is 0 Å². The Labute approximate surface area is 54.9 Å². The van der Waals surface area contributed by atoms with Gasteiger partial charge in [0.05, 0.1) is 0 Å². The van der Waals surface area contributed by atoms with Gasteiger partial charge in [0.2, 0.25) is 0 Å². The van der Waals surface area contributed by atoms with Crippen LogP contribution in [-0.4, -0.2) is 19.0 Å². The topological polar surface area (TPSA) is 73.6 Å². The Morgan fingerprint density at radius 3 is 2.44 bits per heavy atom. The maximum Gasteiger partial charge on any atom is 0.148 e. The van der Waals surface area contributed by atoms with Crippen molar-refractivity contribution in [2.75, 3.05) is 7.11 Å². The minimum Gasteiger partial charge on any atom is -0.384 e. The highest BCUT2D eigenvalue weighted by Crippen LogP contribution is 1.93. The first-order valence-electron chi connectivity index (χ1n) is 2.82. The van der Waals surface area contributed by atoms with E-state index in [-0.39, 0.29) is 6.10 Å². The minimum atomic E-state index is -0.130. The maximum absolute atomic E-state index is 5.34. The molecule has 0 aliphatic rings. The first kappa shape index (κ1) is 8.23. The fraction of sp³-hybridized carbons (Fsp3) is 0.800. The zero-order chi connectivity index (χ0) is 7.28. The van der Waals surface area contributed by atoms with E-state index in [0.717, 1.165) is 6.42 Å². The Morgan fingerprint density at radius 2 is 2.33 bits per heavy atom. The lowest BCUT2D eigenvalue weighted by molar-refractivity contribution is 0.151. The Kier molecular flexibility index (Phi) is 3.79. The van der Waals surface area contributed by atoms with Gasteiger partial charge < -0.3 is 16.3 Å². The second-order valence-electron chi connectivity index (χ2n) is 1.69. The van der Waals surface area contributed by atoms with Gasteiger partial charge in [-0.2, -0.15) is 5.10 Å². The zero-order valence-electron chi connectivity index (χ0n) is 5.79.